The standard InChI is InChI=1S/C15H22BrFN2/c1-11(2)15-10-19(7-3-6-18-15)9-12-8-13(16)4-5-14(12)17/h4-5,8,11,15,18H,3,6-7,9-10H2,1-2H3. The third-order valence-electron chi connectivity index (χ3n) is 3.72. The summed E-state index contributed by atoms with van der Waals surface area (Å²) in [5, 5.41) is 3.58. The number of nitrogens with one attached hydrogen (secondary N) is 1. The van der Waals surface area contributed by atoms with E-state index in [1.54, 1.807) is 6.07 Å². The van der Waals surface area contributed by atoms with Gasteiger partial charge in [-0.05, 0) is 43.6 Å². The Morgan fingerprint density at radius 1 is 1.47 bits per heavy atom. The van der Waals surface area contributed by atoms with Gasteiger partial charge in [-0.3, -0.25) is 4.90 Å². The Bertz CT molecular complexity index is 423. The molecule has 0 aromatic heterocycles. The van der Waals surface area contributed by atoms with Crippen molar-refractivity contribution in [3.05, 3.63) is 34.1 Å². The molecule has 1 N–H and O–H groups in total. The molecule has 2 rings (SSSR count). The number of rotatable bonds is 3. The molecule has 0 radical (unpaired) electrons. The predicted octanol–water partition coefficient (Wildman–Crippen LogP) is 3.41. The molecule has 0 saturated carbocycles. The van der Waals surface area contributed by atoms with Crippen LogP contribution >= 0.6 is 15.9 Å². The summed E-state index contributed by atoms with van der Waals surface area (Å²) >= 11 is 3.41. The lowest BCUT2D eigenvalue weighted by Crippen LogP contribution is -2.41. The summed E-state index contributed by atoms with van der Waals surface area (Å²) < 4.78 is 14.8. The highest BCUT2D eigenvalue weighted by Crippen LogP contribution is 2.18. The first-order valence-electron chi connectivity index (χ1n) is 6.96. The Morgan fingerprint density at radius 2 is 2.26 bits per heavy atom. The van der Waals surface area contributed by atoms with E-state index in [2.05, 4.69) is 40.0 Å². The Hall–Kier alpha value is -0.450. The first-order valence-corrected chi connectivity index (χ1v) is 7.75. The second kappa shape index (κ2) is 6.82. The highest BCUT2D eigenvalue weighted by atomic mass is 79.9. The van der Waals surface area contributed by atoms with Crippen LogP contribution in [0.4, 0.5) is 4.39 Å². The van der Waals surface area contributed by atoms with E-state index in [-0.39, 0.29) is 5.82 Å². The van der Waals surface area contributed by atoms with Gasteiger partial charge in [0, 0.05) is 29.2 Å². The minimum absolute atomic E-state index is 0.110. The van der Waals surface area contributed by atoms with Crippen LogP contribution in [-0.4, -0.2) is 30.6 Å². The second-order valence-electron chi connectivity index (χ2n) is 5.63. The van der Waals surface area contributed by atoms with E-state index in [0.29, 0.717) is 18.5 Å². The van der Waals surface area contributed by atoms with Crippen LogP contribution < -0.4 is 5.32 Å². The molecular weight excluding hydrogens is 307 g/mol. The smallest absolute Gasteiger partial charge is 0.127 e. The molecule has 0 spiro atoms. The van der Waals surface area contributed by atoms with Gasteiger partial charge >= 0.3 is 0 Å². The fraction of sp³-hybridized carbons (Fsp3) is 0.600. The third kappa shape index (κ3) is 4.26. The summed E-state index contributed by atoms with van der Waals surface area (Å²) in [5.74, 6) is 0.495. The van der Waals surface area contributed by atoms with Crippen molar-refractivity contribution >= 4 is 15.9 Å². The van der Waals surface area contributed by atoms with Crippen molar-refractivity contribution in [2.75, 3.05) is 19.6 Å². The second-order valence-corrected chi connectivity index (χ2v) is 6.54. The molecule has 0 amide bonds. The van der Waals surface area contributed by atoms with Crippen LogP contribution in [0.3, 0.4) is 0 Å². The molecule has 1 aliphatic rings. The van der Waals surface area contributed by atoms with Crippen molar-refractivity contribution in [2.24, 2.45) is 5.92 Å². The summed E-state index contributed by atoms with van der Waals surface area (Å²) in [4.78, 5) is 2.36. The van der Waals surface area contributed by atoms with Crippen LogP contribution in [0.5, 0.6) is 0 Å². The lowest BCUT2D eigenvalue weighted by molar-refractivity contribution is 0.236. The van der Waals surface area contributed by atoms with Crippen LogP contribution in [0.15, 0.2) is 22.7 Å². The van der Waals surface area contributed by atoms with Crippen molar-refractivity contribution in [1.29, 1.82) is 0 Å². The number of hydrogen-bond acceptors (Lipinski definition) is 2. The van der Waals surface area contributed by atoms with Crippen LogP contribution in [0, 0.1) is 11.7 Å². The molecule has 1 atom stereocenters. The van der Waals surface area contributed by atoms with Crippen molar-refractivity contribution in [3.63, 3.8) is 0 Å². The van der Waals surface area contributed by atoms with Gasteiger partial charge in [0.1, 0.15) is 5.82 Å². The van der Waals surface area contributed by atoms with Crippen LogP contribution in [-0.2, 0) is 6.54 Å². The van der Waals surface area contributed by atoms with Gasteiger partial charge < -0.3 is 5.32 Å². The molecular formula is C15H22BrFN2. The Morgan fingerprint density at radius 3 is 3.00 bits per heavy atom. The van der Waals surface area contributed by atoms with Gasteiger partial charge in [0.05, 0.1) is 0 Å². The van der Waals surface area contributed by atoms with E-state index in [1.165, 1.54) is 6.07 Å². The topological polar surface area (TPSA) is 15.3 Å². The van der Waals surface area contributed by atoms with Gasteiger partial charge in [0.25, 0.3) is 0 Å². The zero-order chi connectivity index (χ0) is 13.8. The highest BCUT2D eigenvalue weighted by Gasteiger charge is 2.20. The minimum Gasteiger partial charge on any atom is -0.312 e. The number of nitrogens with zero attached hydrogens (tertiary/aromatic N) is 1. The molecule has 19 heavy (non-hydrogen) atoms. The molecule has 1 unspecified atom stereocenters. The Kier molecular flexibility index (Phi) is 5.37. The molecule has 1 aromatic rings. The largest absolute Gasteiger partial charge is 0.312 e. The van der Waals surface area contributed by atoms with Gasteiger partial charge in [-0.2, -0.15) is 0 Å². The number of benzene rings is 1. The SMILES string of the molecule is CC(C)C1CN(Cc2cc(Br)ccc2F)CCCN1. The van der Waals surface area contributed by atoms with Gasteiger partial charge in [-0.25, -0.2) is 4.39 Å². The zero-order valence-electron chi connectivity index (χ0n) is 11.6. The van der Waals surface area contributed by atoms with Crippen LogP contribution in [0.2, 0.25) is 0 Å². The summed E-state index contributed by atoms with van der Waals surface area (Å²) in [6.45, 7) is 8.24. The van der Waals surface area contributed by atoms with Crippen LogP contribution in [0.25, 0.3) is 0 Å². The predicted molar refractivity (Wildman–Crippen MR) is 80.6 cm³/mol. The molecule has 1 aromatic carbocycles. The van der Waals surface area contributed by atoms with E-state index >= 15 is 0 Å². The quantitative estimate of drug-likeness (QED) is 0.914. The molecule has 106 valence electrons. The minimum atomic E-state index is -0.110. The molecule has 4 heteroatoms. The first-order chi connectivity index (χ1) is 9.06. The fourth-order valence-corrected chi connectivity index (χ4v) is 2.93. The summed E-state index contributed by atoms with van der Waals surface area (Å²) in [7, 11) is 0. The number of hydrogen-bond donors (Lipinski definition) is 1. The maximum Gasteiger partial charge on any atom is 0.127 e. The monoisotopic (exact) mass is 328 g/mol. The molecule has 1 heterocycles. The summed E-state index contributed by atoms with van der Waals surface area (Å²) in [6, 6.07) is 5.67. The highest BCUT2D eigenvalue weighted by molar-refractivity contribution is 9.10. The number of halogens is 2. The Labute approximate surface area is 123 Å². The van der Waals surface area contributed by atoms with Gasteiger partial charge in [-0.1, -0.05) is 29.8 Å². The average molecular weight is 329 g/mol. The lowest BCUT2D eigenvalue weighted by atomic mass is 10.0. The van der Waals surface area contributed by atoms with E-state index in [0.717, 1.165) is 36.1 Å². The normalized spacial score (nSPS) is 21.6. The summed E-state index contributed by atoms with van der Waals surface area (Å²) in [5.41, 5.74) is 0.777. The lowest BCUT2D eigenvalue weighted by Gasteiger charge is -2.27. The third-order valence-corrected chi connectivity index (χ3v) is 4.21. The van der Waals surface area contributed by atoms with E-state index in [1.807, 2.05) is 6.07 Å². The summed E-state index contributed by atoms with van der Waals surface area (Å²) in [6.07, 6.45) is 1.12. The van der Waals surface area contributed by atoms with Gasteiger partial charge in [0.15, 0.2) is 0 Å². The molecule has 2 nitrogen and oxygen atoms in total. The van der Waals surface area contributed by atoms with Crippen LogP contribution in [0.1, 0.15) is 25.8 Å². The first kappa shape index (κ1) is 14.9. The van der Waals surface area contributed by atoms with E-state index in [9.17, 15) is 4.39 Å². The van der Waals surface area contributed by atoms with Crippen molar-refractivity contribution in [1.82, 2.24) is 10.2 Å². The molecule has 1 fully saturated rings. The maximum atomic E-state index is 13.8. The zero-order valence-corrected chi connectivity index (χ0v) is 13.2. The van der Waals surface area contributed by atoms with E-state index < -0.39 is 0 Å². The van der Waals surface area contributed by atoms with Crippen molar-refractivity contribution in [2.45, 2.75) is 32.9 Å². The fourth-order valence-electron chi connectivity index (χ4n) is 2.52. The van der Waals surface area contributed by atoms with Gasteiger partial charge in [-0.15, -0.1) is 0 Å². The van der Waals surface area contributed by atoms with Crippen molar-refractivity contribution in [3.8, 4) is 0 Å². The Balaban J connectivity index is 2.06. The molecule has 1 saturated heterocycles. The average Bonchev–Trinajstić information content (AvgIpc) is 2.59. The van der Waals surface area contributed by atoms with Gasteiger partial charge in [0.2, 0.25) is 0 Å². The molecule has 1 aliphatic heterocycles. The van der Waals surface area contributed by atoms with E-state index in [4.69, 9.17) is 0 Å². The molecule has 0 aliphatic carbocycles. The van der Waals surface area contributed by atoms with Crippen molar-refractivity contribution < 1.29 is 4.39 Å². The maximum absolute atomic E-state index is 13.8. The molecule has 0 bridgehead atoms.